The Bertz CT molecular complexity index is 699. The summed E-state index contributed by atoms with van der Waals surface area (Å²) >= 11 is 3.11. The summed E-state index contributed by atoms with van der Waals surface area (Å²) < 4.78 is 10.8. The fourth-order valence-electron chi connectivity index (χ4n) is 2.08. The van der Waals surface area contributed by atoms with Crippen LogP contribution in [0, 0.1) is 0 Å². The summed E-state index contributed by atoms with van der Waals surface area (Å²) in [6.07, 6.45) is 0. The van der Waals surface area contributed by atoms with Gasteiger partial charge in [-0.3, -0.25) is 9.59 Å². The molecule has 0 radical (unpaired) electrons. The van der Waals surface area contributed by atoms with Gasteiger partial charge in [-0.2, -0.15) is 0 Å². The van der Waals surface area contributed by atoms with Gasteiger partial charge >= 0.3 is 0 Å². The first-order chi connectivity index (χ1) is 11.0. The molecule has 0 aliphatic carbocycles. The minimum Gasteiger partial charge on any atom is -0.496 e. The molecule has 2 aromatic rings. The first-order valence-electron chi connectivity index (χ1n) is 6.97. The van der Waals surface area contributed by atoms with Crippen molar-refractivity contribution in [3.05, 3.63) is 52.4 Å². The molecule has 0 bridgehead atoms. The molecule has 1 atom stereocenters. The predicted molar refractivity (Wildman–Crippen MR) is 88.3 cm³/mol. The second kappa shape index (κ2) is 7.82. The summed E-state index contributed by atoms with van der Waals surface area (Å²) in [6, 6.07) is 10.3. The predicted octanol–water partition coefficient (Wildman–Crippen LogP) is 2.66. The minimum absolute atomic E-state index is 0.141. The average molecular weight is 381 g/mol. The van der Waals surface area contributed by atoms with Gasteiger partial charge in [0, 0.05) is 5.56 Å². The van der Waals surface area contributed by atoms with Crippen molar-refractivity contribution in [2.24, 2.45) is 0 Å². The molecular formula is C16H17BrN2O4. The largest absolute Gasteiger partial charge is 0.496 e. The van der Waals surface area contributed by atoms with Crippen LogP contribution in [0.3, 0.4) is 0 Å². The quantitative estimate of drug-likeness (QED) is 0.806. The van der Waals surface area contributed by atoms with E-state index in [9.17, 15) is 9.59 Å². The van der Waals surface area contributed by atoms with E-state index in [1.807, 2.05) is 31.2 Å². The standard InChI is InChI=1S/C16H17BrN2O4/c1-10(11-5-3-4-6-12(11)22-2)19-15(20)9-18-16(21)13-7-8-14(17)23-13/h3-8,10H,9H2,1-2H3,(H,18,21)(H,19,20). The number of nitrogens with one attached hydrogen (secondary N) is 2. The fraction of sp³-hybridized carbons (Fsp3) is 0.250. The minimum atomic E-state index is -0.448. The van der Waals surface area contributed by atoms with E-state index >= 15 is 0 Å². The van der Waals surface area contributed by atoms with Crippen LogP contribution in [0.25, 0.3) is 0 Å². The normalized spacial score (nSPS) is 11.6. The van der Waals surface area contributed by atoms with Crippen LogP contribution >= 0.6 is 15.9 Å². The third-order valence-electron chi connectivity index (χ3n) is 3.19. The fourth-order valence-corrected chi connectivity index (χ4v) is 2.38. The number of carbonyl (C=O) groups excluding carboxylic acids is 2. The number of hydrogen-bond donors (Lipinski definition) is 2. The zero-order chi connectivity index (χ0) is 16.8. The number of rotatable bonds is 6. The van der Waals surface area contributed by atoms with Gasteiger partial charge < -0.3 is 19.8 Å². The van der Waals surface area contributed by atoms with E-state index in [0.29, 0.717) is 10.4 Å². The van der Waals surface area contributed by atoms with E-state index in [0.717, 1.165) is 5.56 Å². The van der Waals surface area contributed by atoms with E-state index < -0.39 is 5.91 Å². The van der Waals surface area contributed by atoms with Crippen molar-refractivity contribution in [3.8, 4) is 5.75 Å². The number of hydrogen-bond acceptors (Lipinski definition) is 4. The molecule has 122 valence electrons. The number of carbonyl (C=O) groups is 2. The lowest BCUT2D eigenvalue weighted by Gasteiger charge is -2.17. The molecule has 0 aliphatic heterocycles. The van der Waals surface area contributed by atoms with Crippen molar-refractivity contribution in [2.45, 2.75) is 13.0 Å². The molecule has 23 heavy (non-hydrogen) atoms. The Morgan fingerprint density at radius 1 is 1.26 bits per heavy atom. The third-order valence-corrected chi connectivity index (χ3v) is 3.62. The van der Waals surface area contributed by atoms with Crippen molar-refractivity contribution in [1.82, 2.24) is 10.6 Å². The van der Waals surface area contributed by atoms with Gasteiger partial charge in [0.2, 0.25) is 5.91 Å². The average Bonchev–Trinajstić information content (AvgIpc) is 2.99. The first-order valence-corrected chi connectivity index (χ1v) is 7.76. The maximum atomic E-state index is 12.0. The molecule has 1 heterocycles. The maximum absolute atomic E-state index is 12.0. The molecule has 0 fully saturated rings. The van der Waals surface area contributed by atoms with E-state index in [4.69, 9.17) is 9.15 Å². The Hall–Kier alpha value is -2.28. The molecule has 7 heteroatoms. The Labute approximate surface area is 142 Å². The topological polar surface area (TPSA) is 80.6 Å². The molecule has 0 spiro atoms. The Morgan fingerprint density at radius 2 is 2.00 bits per heavy atom. The van der Waals surface area contributed by atoms with Crippen LogP contribution in [0.2, 0.25) is 0 Å². The molecule has 6 nitrogen and oxygen atoms in total. The molecular weight excluding hydrogens is 364 g/mol. The van der Waals surface area contributed by atoms with Gasteiger partial charge in [0.15, 0.2) is 10.4 Å². The van der Waals surface area contributed by atoms with Gasteiger partial charge in [0.05, 0.1) is 19.7 Å². The summed E-state index contributed by atoms with van der Waals surface area (Å²) in [6.45, 7) is 1.71. The van der Waals surface area contributed by atoms with Crippen LogP contribution in [-0.2, 0) is 4.79 Å². The van der Waals surface area contributed by atoms with Crippen molar-refractivity contribution >= 4 is 27.7 Å². The highest BCUT2D eigenvalue weighted by Gasteiger charge is 2.15. The van der Waals surface area contributed by atoms with Gasteiger partial charge in [-0.1, -0.05) is 18.2 Å². The summed E-state index contributed by atoms with van der Waals surface area (Å²) in [5.74, 6) is 0.0883. The second-order valence-electron chi connectivity index (χ2n) is 4.82. The first kappa shape index (κ1) is 17.1. The number of ether oxygens (including phenoxy) is 1. The van der Waals surface area contributed by atoms with Crippen LogP contribution in [0.15, 0.2) is 45.5 Å². The SMILES string of the molecule is COc1ccccc1C(C)NC(=O)CNC(=O)c1ccc(Br)o1. The Kier molecular flexibility index (Phi) is 5.81. The van der Waals surface area contributed by atoms with Gasteiger partial charge in [-0.05, 0) is 41.1 Å². The number of amides is 2. The van der Waals surface area contributed by atoms with Crippen molar-refractivity contribution in [3.63, 3.8) is 0 Å². The van der Waals surface area contributed by atoms with Gasteiger partial charge in [-0.15, -0.1) is 0 Å². The lowest BCUT2D eigenvalue weighted by Crippen LogP contribution is -2.38. The van der Waals surface area contributed by atoms with Crippen LogP contribution in [0.1, 0.15) is 29.1 Å². The summed E-state index contributed by atoms with van der Waals surface area (Å²) in [7, 11) is 1.58. The molecule has 2 rings (SSSR count). The summed E-state index contributed by atoms with van der Waals surface area (Å²) in [4.78, 5) is 23.8. The van der Waals surface area contributed by atoms with Crippen LogP contribution in [0.4, 0.5) is 0 Å². The van der Waals surface area contributed by atoms with Crippen molar-refractivity contribution < 1.29 is 18.7 Å². The van der Waals surface area contributed by atoms with E-state index in [1.54, 1.807) is 13.2 Å². The zero-order valence-electron chi connectivity index (χ0n) is 12.8. The molecule has 2 N–H and O–H groups in total. The van der Waals surface area contributed by atoms with Crippen LogP contribution in [-0.4, -0.2) is 25.5 Å². The molecule has 1 aromatic carbocycles. The van der Waals surface area contributed by atoms with E-state index in [1.165, 1.54) is 6.07 Å². The van der Waals surface area contributed by atoms with Gasteiger partial charge in [-0.25, -0.2) is 0 Å². The van der Waals surface area contributed by atoms with Crippen molar-refractivity contribution in [1.29, 1.82) is 0 Å². The monoisotopic (exact) mass is 380 g/mol. The number of benzene rings is 1. The van der Waals surface area contributed by atoms with E-state index in [2.05, 4.69) is 26.6 Å². The summed E-state index contributed by atoms with van der Waals surface area (Å²) in [5.41, 5.74) is 0.865. The van der Waals surface area contributed by atoms with Crippen LogP contribution < -0.4 is 15.4 Å². The summed E-state index contributed by atoms with van der Waals surface area (Å²) in [5, 5.41) is 5.31. The number of halogens is 1. The highest BCUT2D eigenvalue weighted by molar-refractivity contribution is 9.10. The Morgan fingerprint density at radius 3 is 2.65 bits per heavy atom. The van der Waals surface area contributed by atoms with Crippen LogP contribution in [0.5, 0.6) is 5.75 Å². The lowest BCUT2D eigenvalue weighted by molar-refractivity contribution is -0.120. The maximum Gasteiger partial charge on any atom is 0.287 e. The lowest BCUT2D eigenvalue weighted by atomic mass is 10.1. The molecule has 0 aliphatic rings. The van der Waals surface area contributed by atoms with Gasteiger partial charge in [0.25, 0.3) is 5.91 Å². The molecule has 0 saturated heterocycles. The second-order valence-corrected chi connectivity index (χ2v) is 5.60. The third kappa shape index (κ3) is 4.59. The number of para-hydroxylation sites is 1. The highest BCUT2D eigenvalue weighted by Crippen LogP contribution is 2.24. The highest BCUT2D eigenvalue weighted by atomic mass is 79.9. The van der Waals surface area contributed by atoms with Gasteiger partial charge in [0.1, 0.15) is 5.75 Å². The van der Waals surface area contributed by atoms with E-state index in [-0.39, 0.29) is 24.3 Å². The zero-order valence-corrected chi connectivity index (χ0v) is 14.3. The molecule has 1 unspecified atom stereocenters. The molecule has 2 amide bonds. The number of furan rings is 1. The van der Waals surface area contributed by atoms with Crippen molar-refractivity contribution in [2.75, 3.05) is 13.7 Å². The Balaban J connectivity index is 1.88. The number of methoxy groups -OCH3 is 1. The molecule has 0 saturated carbocycles. The smallest absolute Gasteiger partial charge is 0.287 e. The molecule has 1 aromatic heterocycles.